The van der Waals surface area contributed by atoms with Gasteiger partial charge in [0.05, 0.1) is 16.1 Å². The Hall–Kier alpha value is -2.74. The summed E-state index contributed by atoms with van der Waals surface area (Å²) < 4.78 is 0. The molecular weight excluding hydrogens is 332 g/mol. The summed E-state index contributed by atoms with van der Waals surface area (Å²) in [5.41, 5.74) is 2.57. The number of hydrogen-bond acceptors (Lipinski definition) is 4. The minimum absolute atomic E-state index is 0.596. The molecule has 0 bridgehead atoms. The highest BCUT2D eigenvalue weighted by molar-refractivity contribution is 7.14. The monoisotopic (exact) mass is 344 g/mol. The number of thiophene rings is 1. The van der Waals surface area contributed by atoms with E-state index in [4.69, 9.17) is 0 Å². The van der Waals surface area contributed by atoms with Gasteiger partial charge >= 0.3 is 0 Å². The van der Waals surface area contributed by atoms with Gasteiger partial charge in [-0.2, -0.15) is 5.26 Å². The lowest BCUT2D eigenvalue weighted by atomic mass is 10.0. The Balaban J connectivity index is 1.78. The van der Waals surface area contributed by atoms with Crippen molar-refractivity contribution in [3.8, 4) is 16.6 Å². The maximum Gasteiger partial charge on any atom is 0.134 e. The molecule has 0 amide bonds. The quantitative estimate of drug-likeness (QED) is 0.422. The van der Waals surface area contributed by atoms with E-state index in [1.807, 2.05) is 53.2 Å². The molecule has 2 heterocycles. The lowest BCUT2D eigenvalue weighted by Gasteiger charge is -2.02. The lowest BCUT2D eigenvalue weighted by Crippen LogP contribution is -1.83. The van der Waals surface area contributed by atoms with Gasteiger partial charge in [0.25, 0.3) is 0 Å². The molecule has 0 radical (unpaired) electrons. The molecule has 24 heavy (non-hydrogen) atoms. The average molecular weight is 344 g/mol. The Morgan fingerprint density at radius 2 is 1.88 bits per heavy atom. The van der Waals surface area contributed by atoms with Crippen LogP contribution in [-0.2, 0) is 0 Å². The second-order valence-electron chi connectivity index (χ2n) is 5.25. The van der Waals surface area contributed by atoms with Crippen LogP contribution in [0, 0.1) is 11.3 Å². The van der Waals surface area contributed by atoms with E-state index in [2.05, 4.69) is 29.3 Å². The van der Waals surface area contributed by atoms with Crippen LogP contribution in [0.5, 0.6) is 0 Å². The summed E-state index contributed by atoms with van der Waals surface area (Å²) in [6.07, 6.45) is 1.93. The summed E-state index contributed by atoms with van der Waals surface area (Å²) in [6.45, 7) is 0. The first-order valence-electron chi connectivity index (χ1n) is 7.44. The molecule has 0 atom stereocenters. The van der Waals surface area contributed by atoms with Crippen molar-refractivity contribution in [2.45, 2.75) is 0 Å². The van der Waals surface area contributed by atoms with Crippen LogP contribution in [-0.4, -0.2) is 4.98 Å². The highest BCUT2D eigenvalue weighted by atomic mass is 32.1. The normalized spacial score (nSPS) is 11.5. The molecule has 0 aliphatic rings. The number of nitrogens with zero attached hydrogens (tertiary/aromatic N) is 2. The van der Waals surface area contributed by atoms with Gasteiger partial charge in [0.1, 0.15) is 11.1 Å². The third-order valence-corrected chi connectivity index (χ3v) is 5.52. The molecule has 0 saturated carbocycles. The first-order chi connectivity index (χ1) is 11.8. The second-order valence-corrected chi connectivity index (χ2v) is 7.06. The molecule has 0 unspecified atom stereocenters. The predicted molar refractivity (Wildman–Crippen MR) is 103 cm³/mol. The van der Waals surface area contributed by atoms with E-state index in [1.165, 1.54) is 16.7 Å². The molecule has 2 aromatic heterocycles. The number of thiazole rings is 1. The van der Waals surface area contributed by atoms with Crippen LogP contribution in [0.15, 0.2) is 65.4 Å². The number of benzene rings is 2. The fourth-order valence-corrected chi connectivity index (χ4v) is 4.15. The Kier molecular flexibility index (Phi) is 3.96. The first kappa shape index (κ1) is 14.8. The van der Waals surface area contributed by atoms with Crippen LogP contribution in [0.1, 0.15) is 10.6 Å². The Morgan fingerprint density at radius 1 is 1.00 bits per heavy atom. The standard InChI is InChI=1S/C20H12N2S2/c21-12-16(20-22-18(13-24-20)19-9-4-10-23-19)11-15-7-3-6-14-5-1-2-8-17(14)15/h1-11,13H/b16-11-. The van der Waals surface area contributed by atoms with Crippen LogP contribution < -0.4 is 0 Å². The van der Waals surface area contributed by atoms with Crippen molar-refractivity contribution in [2.24, 2.45) is 0 Å². The van der Waals surface area contributed by atoms with Gasteiger partial charge in [0.15, 0.2) is 0 Å². The molecule has 4 heteroatoms. The second kappa shape index (κ2) is 6.40. The smallest absolute Gasteiger partial charge is 0.134 e. The van der Waals surface area contributed by atoms with E-state index in [9.17, 15) is 5.26 Å². The van der Waals surface area contributed by atoms with Gasteiger partial charge in [-0.15, -0.1) is 22.7 Å². The predicted octanol–water partition coefficient (Wildman–Crippen LogP) is 6.09. The van der Waals surface area contributed by atoms with Gasteiger partial charge in [0, 0.05) is 5.38 Å². The molecule has 0 saturated heterocycles. The summed E-state index contributed by atoms with van der Waals surface area (Å²) in [5.74, 6) is 0. The molecule has 0 N–H and O–H groups in total. The van der Waals surface area contributed by atoms with Crippen molar-refractivity contribution in [1.82, 2.24) is 4.98 Å². The van der Waals surface area contributed by atoms with Gasteiger partial charge in [-0.25, -0.2) is 4.98 Å². The lowest BCUT2D eigenvalue weighted by molar-refractivity contribution is 1.38. The first-order valence-corrected chi connectivity index (χ1v) is 9.20. The number of nitriles is 1. The van der Waals surface area contributed by atoms with Crippen molar-refractivity contribution < 1.29 is 0 Å². The highest BCUT2D eigenvalue weighted by Crippen LogP contribution is 2.30. The molecule has 0 spiro atoms. The van der Waals surface area contributed by atoms with E-state index >= 15 is 0 Å². The Bertz CT molecular complexity index is 1060. The minimum Gasteiger partial charge on any atom is -0.234 e. The largest absolute Gasteiger partial charge is 0.234 e. The molecule has 0 aliphatic heterocycles. The summed E-state index contributed by atoms with van der Waals surface area (Å²) in [6, 6.07) is 20.7. The van der Waals surface area contributed by atoms with Gasteiger partial charge < -0.3 is 0 Å². The van der Waals surface area contributed by atoms with Crippen molar-refractivity contribution in [1.29, 1.82) is 5.26 Å². The van der Waals surface area contributed by atoms with Crippen LogP contribution in [0.25, 0.3) is 33.0 Å². The van der Waals surface area contributed by atoms with Crippen molar-refractivity contribution in [3.05, 3.63) is 75.9 Å². The molecule has 2 aromatic carbocycles. The van der Waals surface area contributed by atoms with Crippen LogP contribution in [0.3, 0.4) is 0 Å². The van der Waals surface area contributed by atoms with E-state index in [-0.39, 0.29) is 0 Å². The Morgan fingerprint density at radius 3 is 2.71 bits per heavy atom. The molecule has 4 rings (SSSR count). The van der Waals surface area contributed by atoms with Gasteiger partial charge in [-0.05, 0) is 33.9 Å². The summed E-state index contributed by atoms with van der Waals surface area (Å²) in [5, 5.41) is 16.7. The Labute approximate surface area is 148 Å². The number of fused-ring (bicyclic) bond motifs is 1. The number of rotatable bonds is 3. The fourth-order valence-electron chi connectivity index (χ4n) is 2.61. The van der Waals surface area contributed by atoms with Gasteiger partial charge in [-0.1, -0.05) is 48.5 Å². The van der Waals surface area contributed by atoms with E-state index in [0.717, 1.165) is 26.5 Å². The minimum atomic E-state index is 0.596. The van der Waals surface area contributed by atoms with E-state index < -0.39 is 0 Å². The summed E-state index contributed by atoms with van der Waals surface area (Å²) in [7, 11) is 0. The third-order valence-electron chi connectivity index (χ3n) is 3.75. The maximum absolute atomic E-state index is 9.60. The zero-order valence-corrected chi connectivity index (χ0v) is 14.3. The molecule has 2 nitrogen and oxygen atoms in total. The molecule has 0 fully saturated rings. The molecule has 4 aromatic rings. The SMILES string of the molecule is N#C/C(=C/c1cccc2ccccc12)c1nc(-c2cccs2)cs1. The molecule has 0 aliphatic carbocycles. The maximum atomic E-state index is 9.60. The molecular formula is C20H12N2S2. The van der Waals surface area contributed by atoms with Crippen LogP contribution in [0.2, 0.25) is 0 Å². The van der Waals surface area contributed by atoms with E-state index in [1.54, 1.807) is 11.3 Å². The van der Waals surface area contributed by atoms with Crippen LogP contribution >= 0.6 is 22.7 Å². The van der Waals surface area contributed by atoms with E-state index in [0.29, 0.717) is 5.57 Å². The number of hydrogen-bond donors (Lipinski definition) is 0. The summed E-state index contributed by atoms with van der Waals surface area (Å²) in [4.78, 5) is 5.76. The zero-order valence-electron chi connectivity index (χ0n) is 12.6. The summed E-state index contributed by atoms with van der Waals surface area (Å²) >= 11 is 3.17. The average Bonchev–Trinajstić information content (AvgIpc) is 3.31. The molecule has 114 valence electrons. The van der Waals surface area contributed by atoms with Gasteiger partial charge in [0.2, 0.25) is 0 Å². The third kappa shape index (κ3) is 2.76. The topological polar surface area (TPSA) is 36.7 Å². The fraction of sp³-hybridized carbons (Fsp3) is 0. The number of allylic oxidation sites excluding steroid dienone is 1. The highest BCUT2D eigenvalue weighted by Gasteiger charge is 2.10. The van der Waals surface area contributed by atoms with Crippen molar-refractivity contribution in [2.75, 3.05) is 0 Å². The van der Waals surface area contributed by atoms with Crippen molar-refractivity contribution in [3.63, 3.8) is 0 Å². The van der Waals surface area contributed by atoms with Crippen molar-refractivity contribution >= 4 is 45.1 Å². The number of aromatic nitrogens is 1. The van der Waals surface area contributed by atoms with Crippen LogP contribution in [0.4, 0.5) is 0 Å². The van der Waals surface area contributed by atoms with Gasteiger partial charge in [-0.3, -0.25) is 0 Å². The zero-order chi connectivity index (χ0) is 16.4.